The van der Waals surface area contributed by atoms with Crippen LogP contribution in [0.25, 0.3) is 10.9 Å². The van der Waals surface area contributed by atoms with Crippen molar-refractivity contribution in [3.8, 4) is 6.07 Å². The number of hydrogen-bond acceptors (Lipinski definition) is 3. The second-order valence-electron chi connectivity index (χ2n) is 5.81. The Morgan fingerprint density at radius 3 is 3.00 bits per heavy atom. The predicted octanol–water partition coefficient (Wildman–Crippen LogP) is 2.46. The van der Waals surface area contributed by atoms with Gasteiger partial charge in [0, 0.05) is 25.2 Å². The summed E-state index contributed by atoms with van der Waals surface area (Å²) in [5.41, 5.74) is 0.276. The van der Waals surface area contributed by atoms with Gasteiger partial charge in [-0.25, -0.2) is 9.37 Å². The largest absolute Gasteiger partial charge is 0.351 e. The minimum Gasteiger partial charge on any atom is -0.351 e. The molecule has 114 valence electrons. The van der Waals surface area contributed by atoms with Gasteiger partial charge in [0.15, 0.2) is 5.69 Å². The van der Waals surface area contributed by atoms with Gasteiger partial charge in [-0.2, -0.15) is 5.26 Å². The summed E-state index contributed by atoms with van der Waals surface area (Å²) in [5, 5.41) is 12.7. The number of aryl methyl sites for hydroxylation is 1. The standard InChI is InChI=1S/C16H17FN4O/c1-21-13(9-11-3-7-19-12(10-18)14(11)21)15(22)20-8-6-16(17)4-2-5-16/h3,7,9H,2,4-6,8H2,1H3,(H,20,22). The first kappa shape index (κ1) is 14.5. The molecule has 0 saturated heterocycles. The Bertz CT molecular complexity index is 770. The summed E-state index contributed by atoms with van der Waals surface area (Å²) in [5.74, 6) is -0.259. The first-order valence-electron chi connectivity index (χ1n) is 7.36. The molecule has 3 rings (SSSR count). The fraction of sp³-hybridized carbons (Fsp3) is 0.438. The molecule has 2 aromatic heterocycles. The van der Waals surface area contributed by atoms with Crippen molar-refractivity contribution in [2.45, 2.75) is 31.4 Å². The molecule has 1 aliphatic carbocycles. The van der Waals surface area contributed by atoms with Crippen molar-refractivity contribution < 1.29 is 9.18 Å². The van der Waals surface area contributed by atoms with E-state index in [4.69, 9.17) is 5.26 Å². The van der Waals surface area contributed by atoms with Gasteiger partial charge in [0.25, 0.3) is 5.91 Å². The molecule has 0 radical (unpaired) electrons. The lowest BCUT2D eigenvalue weighted by Gasteiger charge is -2.33. The van der Waals surface area contributed by atoms with Gasteiger partial charge in [-0.1, -0.05) is 0 Å². The number of carbonyl (C=O) groups is 1. The number of nitrogens with zero attached hydrogens (tertiary/aromatic N) is 3. The van der Waals surface area contributed by atoms with Gasteiger partial charge in [-0.05, 0) is 37.8 Å². The third-order valence-electron chi connectivity index (χ3n) is 4.39. The first-order valence-corrected chi connectivity index (χ1v) is 7.36. The molecule has 22 heavy (non-hydrogen) atoms. The number of hydrogen-bond donors (Lipinski definition) is 1. The van der Waals surface area contributed by atoms with Gasteiger partial charge in [0.1, 0.15) is 17.4 Å². The zero-order valence-corrected chi connectivity index (χ0v) is 12.4. The molecule has 2 aromatic rings. The summed E-state index contributed by atoms with van der Waals surface area (Å²) in [4.78, 5) is 16.3. The average molecular weight is 300 g/mol. The molecular weight excluding hydrogens is 283 g/mol. The van der Waals surface area contributed by atoms with Gasteiger partial charge in [-0.15, -0.1) is 0 Å². The second-order valence-corrected chi connectivity index (χ2v) is 5.81. The molecule has 0 aromatic carbocycles. The van der Waals surface area contributed by atoms with Crippen LogP contribution >= 0.6 is 0 Å². The fourth-order valence-electron chi connectivity index (χ4n) is 2.90. The molecule has 1 amide bonds. The highest BCUT2D eigenvalue weighted by Crippen LogP contribution is 2.38. The normalized spacial score (nSPS) is 16.0. The van der Waals surface area contributed by atoms with E-state index in [-0.39, 0.29) is 11.6 Å². The smallest absolute Gasteiger partial charge is 0.267 e. The molecule has 0 aliphatic heterocycles. The van der Waals surface area contributed by atoms with E-state index < -0.39 is 5.67 Å². The van der Waals surface area contributed by atoms with E-state index >= 15 is 0 Å². The quantitative estimate of drug-likeness (QED) is 0.943. The number of halogens is 1. The van der Waals surface area contributed by atoms with Crippen LogP contribution in [0.2, 0.25) is 0 Å². The Hall–Kier alpha value is -2.42. The molecule has 0 spiro atoms. The van der Waals surface area contributed by atoms with Gasteiger partial charge in [-0.3, -0.25) is 4.79 Å². The molecule has 0 bridgehead atoms. The summed E-state index contributed by atoms with van der Waals surface area (Å²) >= 11 is 0. The number of alkyl halides is 1. The molecule has 5 nitrogen and oxygen atoms in total. The predicted molar refractivity (Wildman–Crippen MR) is 80.1 cm³/mol. The average Bonchev–Trinajstić information content (AvgIpc) is 2.83. The van der Waals surface area contributed by atoms with Gasteiger partial charge >= 0.3 is 0 Å². The number of rotatable bonds is 4. The summed E-state index contributed by atoms with van der Waals surface area (Å²) in [6.45, 7) is 0.320. The van der Waals surface area contributed by atoms with Crippen LogP contribution in [-0.2, 0) is 7.05 Å². The van der Waals surface area contributed by atoms with E-state index in [1.165, 1.54) is 0 Å². The zero-order valence-electron chi connectivity index (χ0n) is 12.4. The number of pyridine rings is 1. The first-order chi connectivity index (χ1) is 10.5. The number of nitriles is 1. The van der Waals surface area contributed by atoms with Crippen molar-refractivity contribution in [2.75, 3.05) is 6.54 Å². The molecule has 1 saturated carbocycles. The van der Waals surface area contributed by atoms with Crippen LogP contribution in [0.5, 0.6) is 0 Å². The Labute approximate surface area is 127 Å². The lowest BCUT2D eigenvalue weighted by Crippen LogP contribution is -2.37. The van der Waals surface area contributed by atoms with Gasteiger partial charge < -0.3 is 9.88 Å². The maximum Gasteiger partial charge on any atom is 0.267 e. The van der Waals surface area contributed by atoms with E-state index in [9.17, 15) is 9.18 Å². The van der Waals surface area contributed by atoms with Crippen molar-refractivity contribution >= 4 is 16.8 Å². The molecule has 0 unspecified atom stereocenters. The highest BCUT2D eigenvalue weighted by Gasteiger charge is 2.36. The Morgan fingerprint density at radius 1 is 1.59 bits per heavy atom. The Kier molecular flexibility index (Phi) is 3.57. The highest BCUT2D eigenvalue weighted by molar-refractivity contribution is 5.99. The van der Waals surface area contributed by atoms with E-state index in [0.717, 1.165) is 11.8 Å². The number of carbonyl (C=O) groups excluding carboxylic acids is 1. The van der Waals surface area contributed by atoms with Crippen molar-refractivity contribution in [2.24, 2.45) is 7.05 Å². The third-order valence-corrected chi connectivity index (χ3v) is 4.39. The molecule has 1 aliphatic rings. The molecular formula is C16H17FN4O. The van der Waals surface area contributed by atoms with E-state index in [1.54, 1.807) is 29.9 Å². The number of amides is 1. The summed E-state index contributed by atoms with van der Waals surface area (Å²) in [6.07, 6.45) is 4.01. The Morgan fingerprint density at radius 2 is 2.36 bits per heavy atom. The molecule has 2 heterocycles. The zero-order chi connectivity index (χ0) is 15.7. The third kappa shape index (κ3) is 2.43. The maximum atomic E-state index is 13.9. The van der Waals surface area contributed by atoms with Gasteiger partial charge in [0.05, 0.1) is 5.52 Å². The fourth-order valence-corrected chi connectivity index (χ4v) is 2.90. The minimum atomic E-state index is -1.09. The number of aromatic nitrogens is 2. The molecule has 0 atom stereocenters. The SMILES string of the molecule is Cn1c(C(=O)NCCC2(F)CCC2)cc2ccnc(C#N)c21. The summed E-state index contributed by atoms with van der Waals surface area (Å²) in [6, 6.07) is 5.51. The topological polar surface area (TPSA) is 70.7 Å². The van der Waals surface area contributed by atoms with Crippen LogP contribution in [0, 0.1) is 11.3 Å². The van der Waals surface area contributed by atoms with Crippen molar-refractivity contribution in [1.82, 2.24) is 14.9 Å². The van der Waals surface area contributed by atoms with Crippen molar-refractivity contribution in [3.05, 3.63) is 29.7 Å². The van der Waals surface area contributed by atoms with E-state index in [1.807, 2.05) is 6.07 Å². The second kappa shape index (κ2) is 5.41. The van der Waals surface area contributed by atoms with Crippen LogP contribution in [0.15, 0.2) is 18.3 Å². The van der Waals surface area contributed by atoms with Gasteiger partial charge in [0.2, 0.25) is 0 Å². The van der Waals surface area contributed by atoms with E-state index in [2.05, 4.69) is 10.3 Å². The van der Waals surface area contributed by atoms with Crippen LogP contribution in [0.1, 0.15) is 41.9 Å². The van der Waals surface area contributed by atoms with Crippen LogP contribution < -0.4 is 5.32 Å². The lowest BCUT2D eigenvalue weighted by molar-refractivity contribution is 0.0533. The highest BCUT2D eigenvalue weighted by atomic mass is 19.1. The maximum absolute atomic E-state index is 13.9. The van der Waals surface area contributed by atoms with E-state index in [0.29, 0.717) is 37.0 Å². The lowest BCUT2D eigenvalue weighted by atomic mass is 9.80. The number of nitrogens with one attached hydrogen (secondary N) is 1. The van der Waals surface area contributed by atoms with Crippen molar-refractivity contribution in [3.63, 3.8) is 0 Å². The summed E-state index contributed by atoms with van der Waals surface area (Å²) < 4.78 is 15.6. The Balaban J connectivity index is 1.77. The molecule has 1 fully saturated rings. The van der Waals surface area contributed by atoms with Crippen LogP contribution in [-0.4, -0.2) is 27.7 Å². The minimum absolute atomic E-state index is 0.259. The van der Waals surface area contributed by atoms with Crippen LogP contribution in [0.4, 0.5) is 4.39 Å². The van der Waals surface area contributed by atoms with Crippen LogP contribution in [0.3, 0.4) is 0 Å². The van der Waals surface area contributed by atoms with Crippen molar-refractivity contribution in [1.29, 1.82) is 5.26 Å². The monoisotopic (exact) mass is 300 g/mol. The molecule has 6 heteroatoms. The summed E-state index contributed by atoms with van der Waals surface area (Å²) in [7, 11) is 1.72. The molecule has 1 N–H and O–H groups in total. The number of fused-ring (bicyclic) bond motifs is 1.